The van der Waals surface area contributed by atoms with Gasteiger partial charge in [-0.1, -0.05) is 6.92 Å². The summed E-state index contributed by atoms with van der Waals surface area (Å²) >= 11 is 0. The summed E-state index contributed by atoms with van der Waals surface area (Å²) in [6.45, 7) is 5.21. The smallest absolute Gasteiger partial charge is 0.254 e. The first-order valence-corrected chi connectivity index (χ1v) is 10.7. The van der Waals surface area contributed by atoms with Gasteiger partial charge in [-0.25, -0.2) is 14.6 Å². The number of amides is 1. The van der Waals surface area contributed by atoms with Crippen LogP contribution in [-0.2, 0) is 19.6 Å². The van der Waals surface area contributed by atoms with Crippen LogP contribution in [0.3, 0.4) is 0 Å². The number of nitriles is 1. The molecular weight excluding hydrogens is 416 g/mol. The number of fused-ring (bicyclic) bond motifs is 1. The van der Waals surface area contributed by atoms with Gasteiger partial charge in [-0.05, 0) is 55.3 Å². The summed E-state index contributed by atoms with van der Waals surface area (Å²) in [5.41, 5.74) is 9.19. The molecule has 0 radical (unpaired) electrons. The lowest BCUT2D eigenvalue weighted by Gasteiger charge is -2.22. The number of aromatic nitrogens is 5. The summed E-state index contributed by atoms with van der Waals surface area (Å²) in [5, 5.41) is 14.2. The molecule has 4 aromatic rings. The van der Waals surface area contributed by atoms with Gasteiger partial charge in [0, 0.05) is 23.7 Å². The van der Waals surface area contributed by atoms with Gasteiger partial charge in [0.25, 0.3) is 5.91 Å². The molecule has 0 saturated heterocycles. The van der Waals surface area contributed by atoms with Crippen molar-refractivity contribution in [2.24, 2.45) is 0 Å². The fourth-order valence-electron chi connectivity index (χ4n) is 3.57. The molecule has 3 aromatic heterocycles. The molecule has 3 heterocycles. The van der Waals surface area contributed by atoms with Crippen LogP contribution >= 0.6 is 0 Å². The Bertz CT molecular complexity index is 1340. The monoisotopic (exact) mass is 440 g/mol. The van der Waals surface area contributed by atoms with Gasteiger partial charge >= 0.3 is 0 Å². The predicted molar refractivity (Wildman–Crippen MR) is 124 cm³/mol. The second-order valence-corrected chi connectivity index (χ2v) is 7.81. The molecule has 0 atom stereocenters. The summed E-state index contributed by atoms with van der Waals surface area (Å²) in [7, 11) is 0. The third-order valence-electron chi connectivity index (χ3n) is 5.35. The van der Waals surface area contributed by atoms with Crippen molar-refractivity contribution in [3.63, 3.8) is 0 Å². The Kier molecular flexibility index (Phi) is 6.26. The summed E-state index contributed by atoms with van der Waals surface area (Å²) in [4.78, 5) is 28.4. The molecule has 0 saturated carbocycles. The van der Waals surface area contributed by atoms with Crippen LogP contribution in [0.2, 0.25) is 0 Å². The Hall–Kier alpha value is -4.32. The molecule has 9 nitrogen and oxygen atoms in total. The molecule has 0 spiro atoms. The van der Waals surface area contributed by atoms with Gasteiger partial charge < -0.3 is 10.6 Å². The lowest BCUT2D eigenvalue weighted by atomic mass is 10.1. The third kappa shape index (κ3) is 4.80. The van der Waals surface area contributed by atoms with E-state index in [9.17, 15) is 4.79 Å². The number of nitrogen functional groups attached to an aromatic ring is 1. The minimum Gasteiger partial charge on any atom is -0.383 e. The van der Waals surface area contributed by atoms with Crippen LogP contribution < -0.4 is 5.73 Å². The second-order valence-electron chi connectivity index (χ2n) is 7.81. The Balaban J connectivity index is 1.68. The number of hydrogen-bond donors (Lipinski definition) is 1. The average molecular weight is 441 g/mol. The van der Waals surface area contributed by atoms with Gasteiger partial charge in [0.15, 0.2) is 0 Å². The predicted octanol–water partition coefficient (Wildman–Crippen LogP) is 3.24. The van der Waals surface area contributed by atoms with Crippen LogP contribution in [0.1, 0.15) is 46.3 Å². The molecule has 0 aliphatic rings. The fraction of sp³-hybridized carbons (Fsp3) is 0.250. The Morgan fingerprint density at radius 1 is 1.18 bits per heavy atom. The third-order valence-corrected chi connectivity index (χ3v) is 5.35. The fourth-order valence-corrected chi connectivity index (χ4v) is 3.57. The molecule has 166 valence electrons. The average Bonchev–Trinajstić information content (AvgIpc) is 3.26. The molecule has 1 amide bonds. The number of benzene rings is 1. The van der Waals surface area contributed by atoms with E-state index in [0.29, 0.717) is 28.5 Å². The van der Waals surface area contributed by atoms with Gasteiger partial charge in [0.05, 0.1) is 29.9 Å². The number of anilines is 1. The highest BCUT2D eigenvalue weighted by atomic mass is 16.2. The summed E-state index contributed by atoms with van der Waals surface area (Å²) < 4.78 is 1.81. The molecule has 2 N–H and O–H groups in total. The topological polar surface area (TPSA) is 127 Å². The van der Waals surface area contributed by atoms with E-state index >= 15 is 0 Å². The van der Waals surface area contributed by atoms with Gasteiger partial charge in [-0.2, -0.15) is 10.4 Å². The second kappa shape index (κ2) is 9.44. The lowest BCUT2D eigenvalue weighted by molar-refractivity contribution is 0.0721. The van der Waals surface area contributed by atoms with Crippen LogP contribution in [0.25, 0.3) is 10.9 Å². The van der Waals surface area contributed by atoms with E-state index in [4.69, 9.17) is 11.0 Å². The number of aryl methyl sites for hydroxylation is 2. The highest BCUT2D eigenvalue weighted by molar-refractivity contribution is 5.98. The molecule has 0 fully saturated rings. The first-order chi connectivity index (χ1) is 16.0. The quantitative estimate of drug-likeness (QED) is 0.467. The molecule has 33 heavy (non-hydrogen) atoms. The minimum atomic E-state index is -0.163. The summed E-state index contributed by atoms with van der Waals surface area (Å²) in [6.07, 6.45) is 3.91. The van der Waals surface area contributed by atoms with E-state index in [1.165, 1.54) is 12.5 Å². The van der Waals surface area contributed by atoms with Crippen molar-refractivity contribution in [2.45, 2.75) is 39.9 Å². The Labute approximate surface area is 191 Å². The zero-order valence-corrected chi connectivity index (χ0v) is 18.6. The van der Waals surface area contributed by atoms with E-state index in [-0.39, 0.29) is 19.0 Å². The van der Waals surface area contributed by atoms with E-state index in [1.54, 1.807) is 29.2 Å². The van der Waals surface area contributed by atoms with Gasteiger partial charge in [0.1, 0.15) is 24.0 Å². The van der Waals surface area contributed by atoms with Crippen LogP contribution in [0, 0.1) is 18.3 Å². The van der Waals surface area contributed by atoms with Crippen LogP contribution in [0.15, 0.2) is 48.9 Å². The maximum atomic E-state index is 13.6. The molecule has 0 aliphatic heterocycles. The molecule has 0 aliphatic carbocycles. The normalized spacial score (nSPS) is 10.8. The lowest BCUT2D eigenvalue weighted by Crippen LogP contribution is -2.32. The largest absolute Gasteiger partial charge is 0.383 e. The highest BCUT2D eigenvalue weighted by Crippen LogP contribution is 2.21. The summed E-state index contributed by atoms with van der Waals surface area (Å²) in [5.74, 6) is 1.01. The van der Waals surface area contributed by atoms with Crippen LogP contribution in [0.4, 0.5) is 5.82 Å². The number of hydrogen-bond acceptors (Lipinski definition) is 7. The van der Waals surface area contributed by atoms with Crippen LogP contribution in [0.5, 0.6) is 0 Å². The van der Waals surface area contributed by atoms with Gasteiger partial charge in [-0.3, -0.25) is 9.78 Å². The minimum absolute atomic E-state index is 0.163. The van der Waals surface area contributed by atoms with E-state index in [0.717, 1.165) is 29.4 Å². The van der Waals surface area contributed by atoms with Crippen molar-refractivity contribution in [1.29, 1.82) is 5.26 Å². The van der Waals surface area contributed by atoms with Gasteiger partial charge in [-0.15, -0.1) is 0 Å². The zero-order valence-electron chi connectivity index (χ0n) is 18.6. The number of rotatable bonds is 7. The molecule has 4 rings (SSSR count). The first kappa shape index (κ1) is 21.9. The molecule has 0 unspecified atom stereocenters. The van der Waals surface area contributed by atoms with Crippen molar-refractivity contribution in [3.05, 3.63) is 77.1 Å². The van der Waals surface area contributed by atoms with Crippen molar-refractivity contribution in [2.75, 3.05) is 5.73 Å². The van der Waals surface area contributed by atoms with Crippen molar-refractivity contribution in [1.82, 2.24) is 29.6 Å². The molecular formula is C24H24N8O. The highest BCUT2D eigenvalue weighted by Gasteiger charge is 2.20. The van der Waals surface area contributed by atoms with E-state index < -0.39 is 0 Å². The number of nitrogens with zero attached hydrogens (tertiary/aromatic N) is 7. The van der Waals surface area contributed by atoms with Crippen molar-refractivity contribution < 1.29 is 4.79 Å². The Morgan fingerprint density at radius 3 is 2.76 bits per heavy atom. The van der Waals surface area contributed by atoms with Crippen molar-refractivity contribution in [3.8, 4) is 6.07 Å². The number of carbonyl (C=O) groups is 1. The molecule has 9 heteroatoms. The molecule has 1 aromatic carbocycles. The number of pyridine rings is 2. The zero-order chi connectivity index (χ0) is 23.4. The van der Waals surface area contributed by atoms with E-state index in [1.807, 2.05) is 23.7 Å². The maximum Gasteiger partial charge on any atom is 0.254 e. The Morgan fingerprint density at radius 2 is 2.03 bits per heavy atom. The summed E-state index contributed by atoms with van der Waals surface area (Å²) in [6, 6.07) is 12.8. The maximum absolute atomic E-state index is 13.6. The number of nitrogens with two attached hydrogens (primary N) is 1. The SMILES string of the molecule is CCCn1ncnc1CN(Cc1ccc(C#N)cn1)C(=O)c1ccc2nc(N)c(C)cc2c1. The number of carbonyl (C=O) groups excluding carboxylic acids is 1. The van der Waals surface area contributed by atoms with Crippen molar-refractivity contribution >= 4 is 22.6 Å². The van der Waals surface area contributed by atoms with Gasteiger partial charge in [0.2, 0.25) is 0 Å². The molecule has 0 bridgehead atoms. The van der Waals surface area contributed by atoms with Crippen LogP contribution in [-0.4, -0.2) is 35.5 Å². The standard InChI is InChI=1S/C24H24N8O/c1-3-8-32-22(28-15-29-32)14-31(13-20-6-4-17(11-25)12-27-20)24(33)18-5-7-21-19(10-18)9-16(2)23(26)30-21/h4-7,9-10,12,15H,3,8,13-14H2,1-2H3,(H2,26,30). The van der Waals surface area contributed by atoms with E-state index in [2.05, 4.69) is 33.0 Å². The first-order valence-electron chi connectivity index (χ1n) is 10.7.